The minimum absolute atomic E-state index is 0.0813. The second kappa shape index (κ2) is 9.35. The normalized spacial score (nSPS) is 13.2. The van der Waals surface area contributed by atoms with Crippen LogP contribution >= 0.6 is 15.9 Å². The Labute approximate surface area is 206 Å². The summed E-state index contributed by atoms with van der Waals surface area (Å²) in [7, 11) is 0. The van der Waals surface area contributed by atoms with Crippen LogP contribution in [0.5, 0.6) is 5.75 Å². The van der Waals surface area contributed by atoms with Crippen molar-refractivity contribution in [1.29, 1.82) is 5.26 Å². The Hall–Kier alpha value is -2.58. The predicted molar refractivity (Wildman–Crippen MR) is 137 cm³/mol. The fourth-order valence-corrected chi connectivity index (χ4v) is 4.04. The third kappa shape index (κ3) is 6.26. The lowest BCUT2D eigenvalue weighted by Crippen LogP contribution is -2.25. The quantitative estimate of drug-likeness (QED) is 0.264. The summed E-state index contributed by atoms with van der Waals surface area (Å²) in [4.78, 5) is 13.2. The van der Waals surface area contributed by atoms with Crippen molar-refractivity contribution < 1.29 is 14.6 Å². The number of phenols is 1. The highest BCUT2D eigenvalue weighted by Crippen LogP contribution is 2.43. The van der Waals surface area contributed by atoms with Crippen molar-refractivity contribution in [3.05, 3.63) is 68.7 Å². The first-order valence-corrected chi connectivity index (χ1v) is 11.8. The molecule has 0 unspecified atom stereocenters. The number of phenolic OH excluding ortho intramolecular Hbond substituents is 1. The first-order chi connectivity index (χ1) is 15.0. The van der Waals surface area contributed by atoms with Crippen LogP contribution in [0.25, 0.3) is 5.57 Å². The van der Waals surface area contributed by atoms with Crippen LogP contribution in [0.15, 0.2) is 46.4 Å². The maximum absolute atomic E-state index is 13.2. The molecule has 0 radical (unpaired) electrons. The molecule has 0 saturated heterocycles. The van der Waals surface area contributed by atoms with Gasteiger partial charge in [0.25, 0.3) is 0 Å². The molecule has 4 nitrogen and oxygen atoms in total. The van der Waals surface area contributed by atoms with E-state index >= 15 is 0 Å². The van der Waals surface area contributed by atoms with E-state index in [2.05, 4.69) is 22.0 Å². The first-order valence-electron chi connectivity index (χ1n) is 11.0. The number of ether oxygens (including phenoxy) is 1. The number of nitriles is 1. The predicted octanol–water partition coefficient (Wildman–Crippen LogP) is 7.42. The number of hydrogen-bond acceptors (Lipinski definition) is 4. The maximum Gasteiger partial charge on any atom is 0.350 e. The van der Waals surface area contributed by atoms with Gasteiger partial charge in [-0.3, -0.25) is 0 Å². The zero-order valence-electron chi connectivity index (χ0n) is 21.1. The zero-order chi connectivity index (χ0) is 25.4. The number of aromatic hydroxyl groups is 1. The third-order valence-corrected chi connectivity index (χ3v) is 5.81. The van der Waals surface area contributed by atoms with Gasteiger partial charge in [0, 0.05) is 21.2 Å². The number of nitrogens with zero attached hydrogens (tertiary/aromatic N) is 1. The van der Waals surface area contributed by atoms with Crippen molar-refractivity contribution in [3.8, 4) is 11.8 Å². The minimum Gasteiger partial charge on any atom is -0.507 e. The summed E-state index contributed by atoms with van der Waals surface area (Å²) in [5.74, 6) is -0.445. The number of halogens is 1. The van der Waals surface area contributed by atoms with Gasteiger partial charge in [-0.2, -0.15) is 5.26 Å². The lowest BCUT2D eigenvalue weighted by Gasteiger charge is -2.29. The summed E-state index contributed by atoms with van der Waals surface area (Å²) in [6, 6.07) is 13.3. The van der Waals surface area contributed by atoms with Crippen LogP contribution in [-0.2, 0) is 20.4 Å². The van der Waals surface area contributed by atoms with E-state index in [9.17, 15) is 15.2 Å². The topological polar surface area (TPSA) is 70.3 Å². The van der Waals surface area contributed by atoms with Crippen molar-refractivity contribution in [2.24, 2.45) is 0 Å². The fourth-order valence-electron chi connectivity index (χ4n) is 3.55. The number of hydrogen-bond donors (Lipinski definition) is 1. The van der Waals surface area contributed by atoms with Gasteiger partial charge in [-0.15, -0.1) is 0 Å². The van der Waals surface area contributed by atoms with Gasteiger partial charge in [-0.05, 0) is 60.9 Å². The molecule has 176 valence electrons. The third-order valence-electron chi connectivity index (χ3n) is 5.12. The number of carbonyl (C=O) groups is 1. The van der Waals surface area contributed by atoms with Crippen LogP contribution in [0, 0.1) is 11.3 Å². The molecule has 0 aromatic heterocycles. The van der Waals surface area contributed by atoms with Gasteiger partial charge in [0.1, 0.15) is 23.0 Å². The summed E-state index contributed by atoms with van der Waals surface area (Å²) < 4.78 is 6.34. The van der Waals surface area contributed by atoms with Gasteiger partial charge in [0.2, 0.25) is 0 Å². The Morgan fingerprint density at radius 3 is 1.82 bits per heavy atom. The number of rotatable bonds is 3. The summed E-state index contributed by atoms with van der Waals surface area (Å²) >= 11 is 3.59. The number of esters is 1. The van der Waals surface area contributed by atoms with Crippen LogP contribution in [0.4, 0.5) is 0 Å². The van der Waals surface area contributed by atoms with Crippen LogP contribution in [0.1, 0.15) is 84.6 Å². The van der Waals surface area contributed by atoms with Gasteiger partial charge in [-0.25, -0.2) is 4.79 Å². The van der Waals surface area contributed by atoms with Gasteiger partial charge in [-0.1, -0.05) is 75.7 Å². The van der Waals surface area contributed by atoms with E-state index in [1.807, 2.05) is 77.9 Å². The molecular formula is C28H34BrNO3. The average Bonchev–Trinajstić information content (AvgIpc) is 2.64. The molecule has 0 spiro atoms. The first kappa shape index (κ1) is 26.7. The molecule has 0 bridgehead atoms. The molecule has 0 fully saturated rings. The van der Waals surface area contributed by atoms with Crippen LogP contribution in [0.3, 0.4) is 0 Å². The zero-order valence-corrected chi connectivity index (χ0v) is 22.6. The molecule has 5 heteroatoms. The van der Waals surface area contributed by atoms with E-state index in [0.717, 1.165) is 15.6 Å². The molecule has 2 aromatic rings. The van der Waals surface area contributed by atoms with E-state index in [-0.39, 0.29) is 22.2 Å². The Morgan fingerprint density at radius 1 is 0.939 bits per heavy atom. The molecule has 2 aromatic carbocycles. The summed E-state index contributed by atoms with van der Waals surface area (Å²) in [5.41, 5.74) is 1.78. The van der Waals surface area contributed by atoms with Crippen molar-refractivity contribution >= 4 is 27.5 Å². The second-order valence-electron chi connectivity index (χ2n) is 11.3. The van der Waals surface area contributed by atoms with Crippen LogP contribution < -0.4 is 0 Å². The average molecular weight is 512 g/mol. The largest absolute Gasteiger partial charge is 0.507 e. The molecule has 2 rings (SSSR count). The lowest BCUT2D eigenvalue weighted by atomic mass is 9.77. The van der Waals surface area contributed by atoms with Crippen molar-refractivity contribution in [1.82, 2.24) is 0 Å². The monoisotopic (exact) mass is 511 g/mol. The van der Waals surface area contributed by atoms with Crippen LogP contribution in [0.2, 0.25) is 0 Å². The smallest absolute Gasteiger partial charge is 0.350 e. The summed E-state index contributed by atoms with van der Waals surface area (Å²) in [5, 5.41) is 21.3. The maximum atomic E-state index is 13.2. The minimum atomic E-state index is -0.750. The number of carbonyl (C=O) groups excluding carboxylic acids is 1. The Morgan fingerprint density at radius 2 is 1.42 bits per heavy atom. The van der Waals surface area contributed by atoms with Gasteiger partial charge >= 0.3 is 5.97 Å². The van der Waals surface area contributed by atoms with E-state index < -0.39 is 11.6 Å². The van der Waals surface area contributed by atoms with Crippen LogP contribution in [-0.4, -0.2) is 16.7 Å². The standard InChI is InChI=1S/C28H34BrNO3/c1-26(2,3)20-14-17(15-21(24(20)31)27(4,5)6)23(18-12-10-11-13-22(18)29)19(16-30)25(32)33-28(7,8)9/h10-15,31H,1-9H3. The van der Waals surface area contributed by atoms with Crippen molar-refractivity contribution in [2.75, 3.05) is 0 Å². The van der Waals surface area contributed by atoms with E-state index in [1.54, 1.807) is 20.8 Å². The van der Waals surface area contributed by atoms with Gasteiger partial charge in [0.05, 0.1) is 0 Å². The Balaban J connectivity index is 3.05. The molecule has 0 amide bonds. The Bertz CT molecular complexity index is 1100. The molecule has 0 aliphatic rings. The summed E-state index contributed by atoms with van der Waals surface area (Å²) in [6.45, 7) is 17.5. The molecule has 0 aliphatic heterocycles. The fraction of sp³-hybridized carbons (Fsp3) is 0.429. The van der Waals surface area contributed by atoms with Gasteiger partial charge < -0.3 is 9.84 Å². The molecular weight excluding hydrogens is 478 g/mol. The SMILES string of the molecule is CC(C)(C)OC(=O)C(C#N)=C(c1cc(C(C)(C)C)c(O)c(C(C)(C)C)c1)c1ccccc1Br. The molecule has 1 N–H and O–H groups in total. The summed E-state index contributed by atoms with van der Waals surface area (Å²) in [6.07, 6.45) is 0. The van der Waals surface area contributed by atoms with E-state index in [1.165, 1.54) is 0 Å². The van der Waals surface area contributed by atoms with E-state index in [0.29, 0.717) is 16.7 Å². The number of benzene rings is 2. The van der Waals surface area contributed by atoms with E-state index in [4.69, 9.17) is 4.74 Å². The van der Waals surface area contributed by atoms with Crippen molar-refractivity contribution in [2.45, 2.75) is 78.7 Å². The van der Waals surface area contributed by atoms with Gasteiger partial charge in [0.15, 0.2) is 0 Å². The molecule has 0 aliphatic carbocycles. The highest BCUT2D eigenvalue weighted by Gasteiger charge is 2.30. The molecule has 33 heavy (non-hydrogen) atoms. The molecule has 0 atom stereocenters. The highest BCUT2D eigenvalue weighted by atomic mass is 79.9. The van der Waals surface area contributed by atoms with Crippen molar-refractivity contribution in [3.63, 3.8) is 0 Å². The highest BCUT2D eigenvalue weighted by molar-refractivity contribution is 9.10. The second-order valence-corrected chi connectivity index (χ2v) is 12.1. The molecule has 0 heterocycles. The molecule has 0 saturated carbocycles. The Kier molecular flexibility index (Phi) is 7.55. The lowest BCUT2D eigenvalue weighted by molar-refractivity contribution is -0.149.